The zero-order valence-corrected chi connectivity index (χ0v) is 15.7. The predicted molar refractivity (Wildman–Crippen MR) is 103 cm³/mol. The molecule has 0 heterocycles. The van der Waals surface area contributed by atoms with Crippen LogP contribution in [0.25, 0.3) is 0 Å². The van der Waals surface area contributed by atoms with Crippen LogP contribution in [0.15, 0.2) is 42.5 Å². The van der Waals surface area contributed by atoms with Crippen molar-refractivity contribution in [1.29, 1.82) is 0 Å². The van der Waals surface area contributed by atoms with Gasteiger partial charge in [-0.15, -0.1) is 0 Å². The first-order chi connectivity index (χ1) is 12.9. The maximum Gasteiger partial charge on any atom is 0.339 e. The van der Waals surface area contributed by atoms with Gasteiger partial charge in [0.25, 0.3) is 0 Å². The Morgan fingerprint density at radius 2 is 1.70 bits per heavy atom. The molecule has 2 aromatic rings. The lowest BCUT2D eigenvalue weighted by atomic mass is 10.0. The molecule has 0 aliphatic heterocycles. The van der Waals surface area contributed by atoms with Crippen LogP contribution >= 0.6 is 11.6 Å². The van der Waals surface area contributed by atoms with E-state index in [0.717, 1.165) is 5.56 Å². The van der Waals surface area contributed by atoms with Crippen LogP contribution in [0, 0.1) is 12.3 Å². The normalized spacial score (nSPS) is 14.2. The van der Waals surface area contributed by atoms with Crippen molar-refractivity contribution in [1.82, 2.24) is 0 Å². The summed E-state index contributed by atoms with van der Waals surface area (Å²) in [4.78, 5) is 37.3. The molecule has 6 nitrogen and oxygen atoms in total. The molecule has 3 rings (SSSR count). The van der Waals surface area contributed by atoms with Crippen LogP contribution in [0.3, 0.4) is 0 Å². The van der Waals surface area contributed by atoms with E-state index in [9.17, 15) is 14.4 Å². The summed E-state index contributed by atoms with van der Waals surface area (Å²) in [5, 5.41) is 5.98. The molecule has 1 aliphatic rings. The van der Waals surface area contributed by atoms with Crippen LogP contribution in [0.5, 0.6) is 0 Å². The van der Waals surface area contributed by atoms with Crippen LogP contribution in [0.1, 0.15) is 28.8 Å². The molecule has 0 aromatic heterocycles. The molecule has 27 heavy (non-hydrogen) atoms. The van der Waals surface area contributed by atoms with Gasteiger partial charge in [-0.05, 0) is 49.6 Å². The molecule has 140 valence electrons. The fraction of sp³-hybridized carbons (Fsp3) is 0.250. The highest BCUT2D eigenvalue weighted by Gasteiger charge is 2.56. The minimum Gasteiger partial charge on any atom is -0.465 e. The van der Waals surface area contributed by atoms with Crippen LogP contribution in [0.2, 0.25) is 5.02 Å². The van der Waals surface area contributed by atoms with Crippen LogP contribution in [-0.4, -0.2) is 24.9 Å². The smallest absolute Gasteiger partial charge is 0.339 e. The highest BCUT2D eigenvalue weighted by molar-refractivity contribution is 6.31. The Morgan fingerprint density at radius 3 is 2.33 bits per heavy atom. The first-order valence-electron chi connectivity index (χ1n) is 8.44. The average Bonchev–Trinajstić information content (AvgIpc) is 3.47. The molecule has 0 unspecified atom stereocenters. The Hall–Kier alpha value is -2.86. The summed E-state index contributed by atoms with van der Waals surface area (Å²) >= 11 is 6.08. The molecule has 0 spiro atoms. The summed E-state index contributed by atoms with van der Waals surface area (Å²) in [5.74, 6) is -1.40. The van der Waals surface area contributed by atoms with Gasteiger partial charge in [-0.2, -0.15) is 0 Å². The van der Waals surface area contributed by atoms with Gasteiger partial charge in [0, 0.05) is 10.7 Å². The fourth-order valence-corrected chi connectivity index (χ4v) is 2.91. The van der Waals surface area contributed by atoms with Gasteiger partial charge in [0.2, 0.25) is 11.8 Å². The Morgan fingerprint density at radius 1 is 1.04 bits per heavy atom. The van der Waals surface area contributed by atoms with Gasteiger partial charge in [-0.25, -0.2) is 4.79 Å². The van der Waals surface area contributed by atoms with E-state index in [2.05, 4.69) is 10.6 Å². The quantitative estimate of drug-likeness (QED) is 0.604. The number of aryl methyl sites for hydroxylation is 1. The average molecular weight is 387 g/mol. The standard InChI is InChI=1S/C20H19ClN2O4/c1-12-7-8-13(11-15(12)21)22-18(25)20(9-10-20)19(26)23-16-6-4-3-5-14(16)17(24)27-2/h3-8,11H,9-10H2,1-2H3,(H,22,25)(H,23,26). The second-order valence-electron chi connectivity index (χ2n) is 6.49. The highest BCUT2D eigenvalue weighted by Crippen LogP contribution is 2.47. The molecule has 0 saturated heterocycles. The number of halogens is 1. The highest BCUT2D eigenvalue weighted by atomic mass is 35.5. The zero-order chi connectivity index (χ0) is 19.6. The summed E-state index contributed by atoms with van der Waals surface area (Å²) in [7, 11) is 1.27. The van der Waals surface area contributed by atoms with E-state index in [0.29, 0.717) is 29.2 Å². The number of benzene rings is 2. The molecular weight excluding hydrogens is 368 g/mol. The van der Waals surface area contributed by atoms with Gasteiger partial charge in [-0.3, -0.25) is 9.59 Å². The van der Waals surface area contributed by atoms with E-state index in [1.54, 1.807) is 42.5 Å². The second-order valence-corrected chi connectivity index (χ2v) is 6.90. The Kier molecular flexibility index (Phi) is 5.19. The molecule has 2 aromatic carbocycles. The maximum absolute atomic E-state index is 12.8. The number of amides is 2. The number of ether oxygens (including phenoxy) is 1. The lowest BCUT2D eigenvalue weighted by Crippen LogP contribution is -2.36. The predicted octanol–water partition coefficient (Wildman–Crippen LogP) is 3.79. The Bertz CT molecular complexity index is 922. The molecule has 0 atom stereocenters. The maximum atomic E-state index is 12.8. The van der Waals surface area contributed by atoms with Crippen molar-refractivity contribution in [2.75, 3.05) is 17.7 Å². The number of para-hydroxylation sites is 1. The van der Waals surface area contributed by atoms with E-state index >= 15 is 0 Å². The third-order valence-corrected chi connectivity index (χ3v) is 5.04. The monoisotopic (exact) mass is 386 g/mol. The van der Waals surface area contributed by atoms with Crippen molar-refractivity contribution < 1.29 is 19.1 Å². The van der Waals surface area contributed by atoms with Gasteiger partial charge in [0.1, 0.15) is 5.41 Å². The van der Waals surface area contributed by atoms with Crippen molar-refractivity contribution in [2.45, 2.75) is 19.8 Å². The van der Waals surface area contributed by atoms with E-state index in [1.807, 2.05) is 6.92 Å². The second kappa shape index (κ2) is 7.40. The van der Waals surface area contributed by atoms with Crippen molar-refractivity contribution in [2.24, 2.45) is 5.41 Å². The number of anilines is 2. The molecule has 1 aliphatic carbocycles. The lowest BCUT2D eigenvalue weighted by molar-refractivity contribution is -0.131. The van der Waals surface area contributed by atoms with Gasteiger partial charge < -0.3 is 15.4 Å². The molecule has 0 bridgehead atoms. The summed E-state index contributed by atoms with van der Waals surface area (Å²) in [6.07, 6.45) is 0.870. The number of hydrogen-bond acceptors (Lipinski definition) is 4. The zero-order valence-electron chi connectivity index (χ0n) is 15.0. The van der Waals surface area contributed by atoms with E-state index in [1.165, 1.54) is 7.11 Å². The summed E-state index contributed by atoms with van der Waals surface area (Å²) in [6, 6.07) is 11.7. The molecule has 2 amide bonds. The summed E-state index contributed by atoms with van der Waals surface area (Å²) in [5.41, 5.74) is 0.819. The third kappa shape index (κ3) is 3.80. The van der Waals surface area contributed by atoms with Gasteiger partial charge in [0.05, 0.1) is 18.4 Å². The first-order valence-corrected chi connectivity index (χ1v) is 8.81. The van der Waals surface area contributed by atoms with Crippen molar-refractivity contribution in [3.63, 3.8) is 0 Å². The van der Waals surface area contributed by atoms with Crippen molar-refractivity contribution in [3.05, 3.63) is 58.6 Å². The molecular formula is C20H19ClN2O4. The molecule has 2 N–H and O–H groups in total. The summed E-state index contributed by atoms with van der Waals surface area (Å²) < 4.78 is 4.73. The number of nitrogens with one attached hydrogen (secondary N) is 2. The number of methoxy groups -OCH3 is 1. The topological polar surface area (TPSA) is 84.5 Å². The van der Waals surface area contributed by atoms with E-state index < -0.39 is 23.2 Å². The van der Waals surface area contributed by atoms with Gasteiger partial charge in [0.15, 0.2) is 0 Å². The summed E-state index contributed by atoms with van der Waals surface area (Å²) in [6.45, 7) is 1.86. The van der Waals surface area contributed by atoms with Crippen LogP contribution < -0.4 is 10.6 Å². The molecule has 0 radical (unpaired) electrons. The van der Waals surface area contributed by atoms with E-state index in [4.69, 9.17) is 16.3 Å². The number of carbonyl (C=O) groups excluding carboxylic acids is 3. The first kappa shape index (κ1) is 18.9. The SMILES string of the molecule is COC(=O)c1ccccc1NC(=O)C1(C(=O)Nc2ccc(C)c(Cl)c2)CC1. The van der Waals surface area contributed by atoms with E-state index in [-0.39, 0.29) is 5.56 Å². The van der Waals surface area contributed by atoms with Crippen molar-refractivity contribution in [3.8, 4) is 0 Å². The Labute approximate surface area is 161 Å². The van der Waals surface area contributed by atoms with Crippen LogP contribution in [-0.2, 0) is 14.3 Å². The Balaban J connectivity index is 1.76. The number of rotatable bonds is 5. The third-order valence-electron chi connectivity index (χ3n) is 4.63. The number of esters is 1. The largest absolute Gasteiger partial charge is 0.465 e. The number of carbonyl (C=O) groups is 3. The van der Waals surface area contributed by atoms with Gasteiger partial charge >= 0.3 is 5.97 Å². The minimum absolute atomic E-state index is 0.231. The minimum atomic E-state index is -1.15. The lowest BCUT2D eigenvalue weighted by Gasteiger charge is -2.17. The fourth-order valence-electron chi connectivity index (χ4n) is 2.73. The number of hydrogen-bond donors (Lipinski definition) is 2. The van der Waals surface area contributed by atoms with Crippen LogP contribution in [0.4, 0.5) is 11.4 Å². The van der Waals surface area contributed by atoms with Crippen molar-refractivity contribution >= 4 is 40.8 Å². The molecule has 1 fully saturated rings. The van der Waals surface area contributed by atoms with Gasteiger partial charge in [-0.1, -0.05) is 29.8 Å². The molecule has 1 saturated carbocycles. The molecule has 7 heteroatoms.